The SMILES string of the molecule is Cc1cc(Br)c(N2CC(C)C2)cc1N. The van der Waals surface area contributed by atoms with Crippen molar-refractivity contribution in [3.05, 3.63) is 22.2 Å². The van der Waals surface area contributed by atoms with Gasteiger partial charge in [0, 0.05) is 23.2 Å². The molecule has 2 N–H and O–H groups in total. The average molecular weight is 255 g/mol. The zero-order chi connectivity index (χ0) is 10.3. The first-order valence-corrected chi connectivity index (χ1v) is 5.68. The lowest BCUT2D eigenvalue weighted by molar-refractivity contribution is 0.447. The van der Waals surface area contributed by atoms with Crippen molar-refractivity contribution in [3.8, 4) is 0 Å². The summed E-state index contributed by atoms with van der Waals surface area (Å²) in [6, 6.07) is 4.15. The van der Waals surface area contributed by atoms with E-state index in [1.165, 1.54) is 5.69 Å². The van der Waals surface area contributed by atoms with Gasteiger partial charge in [-0.15, -0.1) is 0 Å². The van der Waals surface area contributed by atoms with Crippen LogP contribution in [0.5, 0.6) is 0 Å². The fourth-order valence-electron chi connectivity index (χ4n) is 1.82. The molecule has 1 saturated heterocycles. The Bertz CT molecular complexity index is 357. The molecule has 0 aliphatic carbocycles. The molecule has 0 saturated carbocycles. The smallest absolute Gasteiger partial charge is 0.0531 e. The van der Waals surface area contributed by atoms with Gasteiger partial charge in [-0.05, 0) is 46.5 Å². The molecule has 14 heavy (non-hydrogen) atoms. The summed E-state index contributed by atoms with van der Waals surface area (Å²) in [5.41, 5.74) is 9.13. The molecule has 0 spiro atoms. The second kappa shape index (κ2) is 3.46. The maximum absolute atomic E-state index is 5.89. The number of anilines is 2. The molecule has 1 heterocycles. The van der Waals surface area contributed by atoms with Crippen molar-refractivity contribution in [2.45, 2.75) is 13.8 Å². The molecule has 0 bridgehead atoms. The molecule has 1 aliphatic rings. The van der Waals surface area contributed by atoms with Gasteiger partial charge in [0.25, 0.3) is 0 Å². The van der Waals surface area contributed by atoms with E-state index in [1.54, 1.807) is 0 Å². The van der Waals surface area contributed by atoms with E-state index < -0.39 is 0 Å². The third-order valence-electron chi connectivity index (χ3n) is 2.74. The van der Waals surface area contributed by atoms with Gasteiger partial charge in [0.2, 0.25) is 0 Å². The Morgan fingerprint density at radius 3 is 2.64 bits per heavy atom. The normalized spacial score (nSPS) is 16.9. The number of hydrogen-bond donors (Lipinski definition) is 1. The van der Waals surface area contributed by atoms with E-state index in [9.17, 15) is 0 Å². The third-order valence-corrected chi connectivity index (χ3v) is 3.38. The fraction of sp³-hybridized carbons (Fsp3) is 0.455. The van der Waals surface area contributed by atoms with Gasteiger partial charge in [-0.25, -0.2) is 0 Å². The van der Waals surface area contributed by atoms with Crippen LogP contribution in [0.4, 0.5) is 11.4 Å². The summed E-state index contributed by atoms with van der Waals surface area (Å²) in [5, 5.41) is 0. The lowest BCUT2D eigenvalue weighted by Gasteiger charge is -2.40. The summed E-state index contributed by atoms with van der Waals surface area (Å²) in [6.07, 6.45) is 0. The fourth-order valence-corrected chi connectivity index (χ4v) is 2.52. The number of aryl methyl sites for hydroxylation is 1. The van der Waals surface area contributed by atoms with E-state index in [0.717, 1.165) is 34.7 Å². The van der Waals surface area contributed by atoms with Crippen LogP contribution in [-0.4, -0.2) is 13.1 Å². The van der Waals surface area contributed by atoms with Crippen LogP contribution >= 0.6 is 15.9 Å². The molecule has 0 atom stereocenters. The Labute approximate surface area is 93.2 Å². The molecule has 2 nitrogen and oxygen atoms in total. The Morgan fingerprint density at radius 2 is 2.07 bits per heavy atom. The van der Waals surface area contributed by atoms with E-state index in [4.69, 9.17) is 5.73 Å². The number of hydrogen-bond acceptors (Lipinski definition) is 2. The number of nitrogens with zero attached hydrogens (tertiary/aromatic N) is 1. The molecule has 1 aromatic rings. The molecule has 1 aliphatic heterocycles. The second-order valence-electron chi connectivity index (χ2n) is 4.17. The third kappa shape index (κ3) is 1.61. The summed E-state index contributed by atoms with van der Waals surface area (Å²) in [6.45, 7) is 6.58. The Morgan fingerprint density at radius 1 is 1.43 bits per heavy atom. The molecular weight excluding hydrogens is 240 g/mol. The highest BCUT2D eigenvalue weighted by Gasteiger charge is 2.24. The first-order valence-electron chi connectivity index (χ1n) is 4.88. The summed E-state index contributed by atoms with van der Waals surface area (Å²) in [7, 11) is 0. The van der Waals surface area contributed by atoms with Crippen molar-refractivity contribution in [1.82, 2.24) is 0 Å². The van der Waals surface area contributed by atoms with Crippen molar-refractivity contribution in [3.63, 3.8) is 0 Å². The molecule has 0 aromatic heterocycles. The number of nitrogens with two attached hydrogens (primary N) is 1. The lowest BCUT2D eigenvalue weighted by atomic mass is 10.0. The molecule has 1 fully saturated rings. The van der Waals surface area contributed by atoms with Crippen molar-refractivity contribution in [2.24, 2.45) is 5.92 Å². The van der Waals surface area contributed by atoms with Gasteiger partial charge < -0.3 is 10.6 Å². The van der Waals surface area contributed by atoms with Crippen LogP contribution in [0.15, 0.2) is 16.6 Å². The zero-order valence-corrected chi connectivity index (χ0v) is 10.1. The monoisotopic (exact) mass is 254 g/mol. The minimum Gasteiger partial charge on any atom is -0.398 e. The average Bonchev–Trinajstić information content (AvgIpc) is 2.07. The van der Waals surface area contributed by atoms with Crippen molar-refractivity contribution >= 4 is 27.3 Å². The highest BCUT2D eigenvalue weighted by atomic mass is 79.9. The van der Waals surface area contributed by atoms with Gasteiger partial charge in [0.1, 0.15) is 0 Å². The Hall–Kier alpha value is -0.700. The van der Waals surface area contributed by atoms with Gasteiger partial charge in [-0.3, -0.25) is 0 Å². The number of nitrogen functional groups attached to an aromatic ring is 1. The molecule has 76 valence electrons. The molecule has 0 unspecified atom stereocenters. The van der Waals surface area contributed by atoms with E-state index in [2.05, 4.69) is 39.9 Å². The maximum Gasteiger partial charge on any atom is 0.0531 e. The van der Waals surface area contributed by atoms with Crippen LogP contribution in [0.3, 0.4) is 0 Å². The van der Waals surface area contributed by atoms with E-state index in [0.29, 0.717) is 0 Å². The van der Waals surface area contributed by atoms with E-state index in [1.807, 2.05) is 6.92 Å². The van der Waals surface area contributed by atoms with Crippen LogP contribution in [-0.2, 0) is 0 Å². The van der Waals surface area contributed by atoms with Crippen LogP contribution in [0, 0.1) is 12.8 Å². The van der Waals surface area contributed by atoms with Gasteiger partial charge in [0.15, 0.2) is 0 Å². The second-order valence-corrected chi connectivity index (χ2v) is 5.02. The molecule has 3 heteroatoms. The predicted molar refractivity (Wildman–Crippen MR) is 64.7 cm³/mol. The van der Waals surface area contributed by atoms with Gasteiger partial charge >= 0.3 is 0 Å². The maximum atomic E-state index is 5.89. The minimum absolute atomic E-state index is 0.810. The van der Waals surface area contributed by atoms with Crippen molar-refractivity contribution < 1.29 is 0 Å². The van der Waals surface area contributed by atoms with E-state index >= 15 is 0 Å². The molecule has 1 aromatic carbocycles. The topological polar surface area (TPSA) is 29.3 Å². The molecule has 0 radical (unpaired) electrons. The van der Waals surface area contributed by atoms with Crippen molar-refractivity contribution in [1.29, 1.82) is 0 Å². The summed E-state index contributed by atoms with van der Waals surface area (Å²) in [4.78, 5) is 2.35. The molecule has 0 amide bonds. The predicted octanol–water partition coefficient (Wildman–Crippen LogP) is 2.80. The van der Waals surface area contributed by atoms with Crippen LogP contribution in [0.25, 0.3) is 0 Å². The van der Waals surface area contributed by atoms with Crippen LogP contribution < -0.4 is 10.6 Å². The molecular formula is C11H15BrN2. The first kappa shape index (κ1) is 9.84. The standard InChI is InChI=1S/C11H15BrN2/c1-7-5-14(6-7)11-4-10(13)8(2)3-9(11)12/h3-4,7H,5-6,13H2,1-2H3. The largest absolute Gasteiger partial charge is 0.398 e. The van der Waals surface area contributed by atoms with Gasteiger partial charge in [-0.1, -0.05) is 6.92 Å². The van der Waals surface area contributed by atoms with Crippen molar-refractivity contribution in [2.75, 3.05) is 23.7 Å². The summed E-state index contributed by atoms with van der Waals surface area (Å²) < 4.78 is 1.15. The summed E-state index contributed by atoms with van der Waals surface area (Å²) in [5.74, 6) is 0.810. The molecule has 2 rings (SSSR count). The lowest BCUT2D eigenvalue weighted by Crippen LogP contribution is -2.45. The highest BCUT2D eigenvalue weighted by molar-refractivity contribution is 9.10. The van der Waals surface area contributed by atoms with Crippen LogP contribution in [0.2, 0.25) is 0 Å². The van der Waals surface area contributed by atoms with Gasteiger partial charge in [0.05, 0.1) is 5.69 Å². The zero-order valence-electron chi connectivity index (χ0n) is 8.55. The van der Waals surface area contributed by atoms with Crippen LogP contribution in [0.1, 0.15) is 12.5 Å². The summed E-state index contributed by atoms with van der Waals surface area (Å²) >= 11 is 3.58. The quantitative estimate of drug-likeness (QED) is 0.782. The number of halogens is 1. The number of benzene rings is 1. The number of rotatable bonds is 1. The van der Waals surface area contributed by atoms with E-state index in [-0.39, 0.29) is 0 Å². The Balaban J connectivity index is 2.30. The minimum atomic E-state index is 0.810. The van der Waals surface area contributed by atoms with Gasteiger partial charge in [-0.2, -0.15) is 0 Å². The first-order chi connectivity index (χ1) is 6.58. The Kier molecular flexibility index (Phi) is 2.43. The highest BCUT2D eigenvalue weighted by Crippen LogP contribution is 2.34.